The molecule has 0 aromatic heterocycles. The van der Waals surface area contributed by atoms with Gasteiger partial charge in [0.1, 0.15) is 0 Å². The number of fused-ring (bicyclic) bond motifs is 1. The Morgan fingerprint density at radius 3 is 2.23 bits per heavy atom. The molecule has 0 fully saturated rings. The van der Waals surface area contributed by atoms with Crippen molar-refractivity contribution in [2.75, 3.05) is 0 Å². The summed E-state index contributed by atoms with van der Waals surface area (Å²) in [4.78, 5) is 0. The summed E-state index contributed by atoms with van der Waals surface area (Å²) in [6.45, 7) is 9.60. The molecule has 0 aliphatic carbocycles. The van der Waals surface area contributed by atoms with E-state index in [0.29, 0.717) is 0 Å². The second kappa shape index (κ2) is 7.99. The first-order valence-corrected chi connectivity index (χ1v) is 7.52. The second-order valence-electron chi connectivity index (χ2n) is 5.19. The topological polar surface area (TPSA) is 0 Å². The van der Waals surface area contributed by atoms with E-state index in [2.05, 4.69) is 86.8 Å². The lowest BCUT2D eigenvalue weighted by Gasteiger charge is -1.99. The highest BCUT2D eigenvalue weighted by molar-refractivity contribution is 5.90. The lowest BCUT2D eigenvalue weighted by Crippen LogP contribution is -1.83. The number of rotatable bonds is 3. The summed E-state index contributed by atoms with van der Waals surface area (Å²) in [5, 5.41) is 2.55. The number of aryl methyl sites for hydroxylation is 1. The third kappa shape index (κ3) is 3.95. The van der Waals surface area contributed by atoms with Crippen molar-refractivity contribution in [3.63, 3.8) is 0 Å². The molecular weight excluding hydrogens is 264 g/mol. The molecule has 3 aromatic carbocycles. The molecule has 0 saturated heterocycles. The maximum absolute atomic E-state index is 3.78. The van der Waals surface area contributed by atoms with Gasteiger partial charge >= 0.3 is 0 Å². The van der Waals surface area contributed by atoms with Gasteiger partial charge < -0.3 is 0 Å². The predicted molar refractivity (Wildman–Crippen MR) is 99.1 cm³/mol. The second-order valence-corrected chi connectivity index (χ2v) is 5.19. The summed E-state index contributed by atoms with van der Waals surface area (Å²) in [5.74, 6) is 0. The maximum Gasteiger partial charge on any atom is -0.00975 e. The van der Waals surface area contributed by atoms with Gasteiger partial charge in [-0.3, -0.25) is 0 Å². The van der Waals surface area contributed by atoms with Crippen LogP contribution in [0.15, 0.2) is 86.0 Å². The molecule has 0 heterocycles. The minimum Gasteiger partial charge on any atom is -0.103 e. The summed E-state index contributed by atoms with van der Waals surface area (Å²) in [6, 6.07) is 23.0. The van der Waals surface area contributed by atoms with Gasteiger partial charge in [0.15, 0.2) is 0 Å². The monoisotopic (exact) mass is 286 g/mol. The molecule has 0 N–H and O–H groups in total. The third-order valence-corrected chi connectivity index (χ3v) is 3.67. The average molecular weight is 286 g/mol. The van der Waals surface area contributed by atoms with E-state index < -0.39 is 0 Å². The number of hydrogen-bond donors (Lipinski definition) is 0. The SMILES string of the molecule is C=CCc1ccccc1C.C=Cc1cccc2ccccc12. The molecule has 0 radical (unpaired) electrons. The minimum atomic E-state index is 0.979. The highest BCUT2D eigenvalue weighted by atomic mass is 14.0. The zero-order valence-corrected chi connectivity index (χ0v) is 13.1. The van der Waals surface area contributed by atoms with Crippen molar-refractivity contribution in [1.82, 2.24) is 0 Å². The summed E-state index contributed by atoms with van der Waals surface area (Å²) < 4.78 is 0. The van der Waals surface area contributed by atoms with Crippen molar-refractivity contribution >= 4 is 16.8 Å². The zero-order valence-electron chi connectivity index (χ0n) is 13.1. The fourth-order valence-corrected chi connectivity index (χ4v) is 2.42. The number of allylic oxidation sites excluding steroid dienone is 1. The third-order valence-electron chi connectivity index (χ3n) is 3.67. The first kappa shape index (κ1) is 15.8. The summed E-state index contributed by atoms with van der Waals surface area (Å²) in [6.07, 6.45) is 4.80. The molecule has 0 aliphatic rings. The highest BCUT2D eigenvalue weighted by Crippen LogP contribution is 2.18. The Morgan fingerprint density at radius 2 is 1.50 bits per heavy atom. The maximum atomic E-state index is 3.78. The summed E-state index contributed by atoms with van der Waals surface area (Å²) >= 11 is 0. The molecule has 22 heavy (non-hydrogen) atoms. The largest absolute Gasteiger partial charge is 0.103 e. The van der Waals surface area contributed by atoms with Gasteiger partial charge in [0.25, 0.3) is 0 Å². The van der Waals surface area contributed by atoms with E-state index in [1.165, 1.54) is 27.5 Å². The summed E-state index contributed by atoms with van der Waals surface area (Å²) in [5.41, 5.74) is 3.92. The minimum absolute atomic E-state index is 0.979. The van der Waals surface area contributed by atoms with Gasteiger partial charge in [-0.2, -0.15) is 0 Å². The zero-order chi connectivity index (χ0) is 15.8. The van der Waals surface area contributed by atoms with E-state index in [9.17, 15) is 0 Å². The van der Waals surface area contributed by atoms with Gasteiger partial charge in [0.05, 0.1) is 0 Å². The van der Waals surface area contributed by atoms with Crippen LogP contribution in [0.25, 0.3) is 16.8 Å². The Bertz CT molecular complexity index is 760. The van der Waals surface area contributed by atoms with Gasteiger partial charge in [0.2, 0.25) is 0 Å². The lowest BCUT2D eigenvalue weighted by molar-refractivity contribution is 1.22. The van der Waals surface area contributed by atoms with Crippen LogP contribution in [-0.2, 0) is 6.42 Å². The van der Waals surface area contributed by atoms with Crippen molar-refractivity contribution < 1.29 is 0 Å². The normalized spacial score (nSPS) is 9.68. The molecule has 0 spiro atoms. The van der Waals surface area contributed by atoms with Crippen LogP contribution < -0.4 is 0 Å². The van der Waals surface area contributed by atoms with Crippen LogP contribution in [0.3, 0.4) is 0 Å². The standard InChI is InChI=1S/C12H10.C10H12/c1-2-10-7-5-8-11-6-3-4-9-12(10)11;1-3-6-10-8-5-4-7-9(10)2/h2-9H,1H2;3-5,7-8H,1,6H2,2H3. The molecule has 0 unspecified atom stereocenters. The first-order chi connectivity index (χ1) is 10.8. The van der Waals surface area contributed by atoms with Crippen LogP contribution in [0, 0.1) is 6.92 Å². The first-order valence-electron chi connectivity index (χ1n) is 7.52. The van der Waals surface area contributed by atoms with Crippen LogP contribution in [0.1, 0.15) is 16.7 Å². The van der Waals surface area contributed by atoms with E-state index in [-0.39, 0.29) is 0 Å². The molecule has 0 bridgehead atoms. The van der Waals surface area contributed by atoms with Gasteiger partial charge in [-0.05, 0) is 40.8 Å². The van der Waals surface area contributed by atoms with E-state index >= 15 is 0 Å². The highest BCUT2D eigenvalue weighted by Gasteiger charge is 1.94. The van der Waals surface area contributed by atoms with Crippen LogP contribution in [0.5, 0.6) is 0 Å². The molecule has 0 nitrogen and oxygen atoms in total. The Kier molecular flexibility index (Phi) is 5.73. The van der Waals surface area contributed by atoms with Gasteiger partial charge in [0, 0.05) is 0 Å². The van der Waals surface area contributed by atoms with E-state index in [0.717, 1.165) is 6.42 Å². The Balaban J connectivity index is 0.000000164. The van der Waals surface area contributed by atoms with E-state index in [1.54, 1.807) is 0 Å². The molecule has 3 rings (SSSR count). The van der Waals surface area contributed by atoms with Crippen LogP contribution in [0.2, 0.25) is 0 Å². The fraction of sp³-hybridized carbons (Fsp3) is 0.0909. The Morgan fingerprint density at radius 1 is 0.818 bits per heavy atom. The van der Waals surface area contributed by atoms with E-state index in [4.69, 9.17) is 0 Å². The number of hydrogen-bond acceptors (Lipinski definition) is 0. The quantitative estimate of drug-likeness (QED) is 0.502. The lowest BCUT2D eigenvalue weighted by atomic mass is 10.1. The molecule has 0 saturated carbocycles. The molecule has 0 amide bonds. The van der Waals surface area contributed by atoms with Crippen molar-refractivity contribution in [2.24, 2.45) is 0 Å². The molecule has 3 aromatic rings. The summed E-state index contributed by atoms with van der Waals surface area (Å²) in [7, 11) is 0. The van der Waals surface area contributed by atoms with Crippen molar-refractivity contribution in [3.8, 4) is 0 Å². The van der Waals surface area contributed by atoms with Crippen molar-refractivity contribution in [1.29, 1.82) is 0 Å². The van der Waals surface area contributed by atoms with Crippen LogP contribution in [0.4, 0.5) is 0 Å². The Labute approximate surface area is 133 Å². The van der Waals surface area contributed by atoms with Crippen molar-refractivity contribution in [2.45, 2.75) is 13.3 Å². The fourth-order valence-electron chi connectivity index (χ4n) is 2.42. The Hall–Kier alpha value is -2.60. The van der Waals surface area contributed by atoms with Gasteiger partial charge in [-0.15, -0.1) is 6.58 Å². The molecule has 110 valence electrons. The predicted octanol–water partition coefficient (Wildman–Crippen LogP) is 6.21. The van der Waals surface area contributed by atoms with Gasteiger partial charge in [-0.25, -0.2) is 0 Å². The molecule has 0 aliphatic heterocycles. The van der Waals surface area contributed by atoms with E-state index in [1.807, 2.05) is 12.2 Å². The van der Waals surface area contributed by atoms with Gasteiger partial charge in [-0.1, -0.05) is 85.5 Å². The van der Waals surface area contributed by atoms with Crippen LogP contribution >= 0.6 is 0 Å². The average Bonchev–Trinajstić information content (AvgIpc) is 2.57. The molecular formula is C22H22. The number of benzene rings is 3. The molecule has 0 heteroatoms. The van der Waals surface area contributed by atoms with Crippen molar-refractivity contribution in [3.05, 3.63) is 103 Å². The smallest absolute Gasteiger partial charge is 0.00975 e. The van der Waals surface area contributed by atoms with Crippen LogP contribution in [-0.4, -0.2) is 0 Å². The molecule has 0 atom stereocenters.